The zero-order chi connectivity index (χ0) is 22.7. The number of nitrogens with one attached hydrogen (secondary N) is 1. The first kappa shape index (κ1) is 21.6. The van der Waals surface area contributed by atoms with Gasteiger partial charge in [-0.2, -0.15) is 0 Å². The van der Waals surface area contributed by atoms with E-state index in [4.69, 9.17) is 4.74 Å². The van der Waals surface area contributed by atoms with E-state index < -0.39 is 26.9 Å². The minimum atomic E-state index is -3.85. The van der Waals surface area contributed by atoms with Gasteiger partial charge in [0.1, 0.15) is 12.3 Å². The predicted octanol–water partition coefficient (Wildman–Crippen LogP) is 3.59. The highest BCUT2D eigenvalue weighted by Crippen LogP contribution is 2.40. The van der Waals surface area contributed by atoms with Crippen LogP contribution in [0.2, 0.25) is 0 Å². The van der Waals surface area contributed by atoms with E-state index in [0.29, 0.717) is 17.0 Å². The Morgan fingerprint density at radius 2 is 1.66 bits per heavy atom. The molecule has 3 aromatic carbocycles. The highest BCUT2D eigenvalue weighted by Gasteiger charge is 2.39. The molecule has 0 spiro atoms. The molecule has 0 aliphatic carbocycles. The van der Waals surface area contributed by atoms with Crippen LogP contribution in [0.15, 0.2) is 83.8 Å². The zero-order valence-electron chi connectivity index (χ0n) is 17.4. The van der Waals surface area contributed by atoms with Gasteiger partial charge in [0.15, 0.2) is 9.84 Å². The Bertz CT molecular complexity index is 1240. The number of nitrogens with zero attached hydrogens (tertiary/aromatic N) is 1. The van der Waals surface area contributed by atoms with Crippen molar-refractivity contribution in [2.45, 2.75) is 16.6 Å². The van der Waals surface area contributed by atoms with Gasteiger partial charge in [-0.3, -0.25) is 9.59 Å². The number of hydrogen-bond acceptors (Lipinski definition) is 5. The molecule has 4 rings (SSSR count). The first-order valence-corrected chi connectivity index (χ1v) is 11.6. The summed E-state index contributed by atoms with van der Waals surface area (Å²) < 4.78 is 32.0. The van der Waals surface area contributed by atoms with Gasteiger partial charge in [-0.1, -0.05) is 42.5 Å². The first-order chi connectivity index (χ1) is 15.4. The molecule has 7 nitrogen and oxygen atoms in total. The summed E-state index contributed by atoms with van der Waals surface area (Å²) in [6.45, 7) is -0.307. The lowest BCUT2D eigenvalue weighted by Crippen LogP contribution is -2.38. The van der Waals surface area contributed by atoms with Crippen molar-refractivity contribution in [2.24, 2.45) is 0 Å². The van der Waals surface area contributed by atoms with Gasteiger partial charge in [0.05, 0.1) is 22.9 Å². The molecule has 0 fully saturated rings. The van der Waals surface area contributed by atoms with E-state index in [1.807, 2.05) is 0 Å². The third kappa shape index (κ3) is 4.22. The standard InChI is InChI=1S/C24H22N2O5S/c1-31-19-13-11-18(12-14-19)25-23(27)16-26-20-9-5-6-10-21(20)32(29,30)22(15-24(26)28)17-7-3-2-4-8-17/h2-14,22H,15-16H2,1H3,(H,25,27)/t22-/m0/s1. The van der Waals surface area contributed by atoms with E-state index in [1.165, 1.54) is 11.0 Å². The SMILES string of the molecule is COc1ccc(NC(=O)CN2C(=O)C[C@@H](c3ccccc3)S(=O)(=O)c3ccccc32)cc1. The lowest BCUT2D eigenvalue weighted by atomic mass is 10.1. The van der Waals surface area contributed by atoms with Crippen LogP contribution in [0.25, 0.3) is 0 Å². The predicted molar refractivity (Wildman–Crippen MR) is 121 cm³/mol. The number of carbonyl (C=O) groups excluding carboxylic acids is 2. The summed E-state index contributed by atoms with van der Waals surface area (Å²) in [6.07, 6.45) is -0.253. The summed E-state index contributed by atoms with van der Waals surface area (Å²) >= 11 is 0. The van der Waals surface area contributed by atoms with E-state index in [-0.39, 0.29) is 23.5 Å². The fourth-order valence-corrected chi connectivity index (χ4v) is 5.67. The molecular weight excluding hydrogens is 428 g/mol. The van der Waals surface area contributed by atoms with E-state index >= 15 is 0 Å². The number of sulfone groups is 1. The summed E-state index contributed by atoms with van der Waals surface area (Å²) in [6, 6.07) is 21.8. The monoisotopic (exact) mass is 450 g/mol. The normalized spacial score (nSPS) is 17.2. The molecular formula is C24H22N2O5S. The van der Waals surface area contributed by atoms with Gasteiger partial charge in [-0.05, 0) is 42.0 Å². The molecule has 3 aromatic rings. The number of carbonyl (C=O) groups is 2. The molecule has 0 bridgehead atoms. The molecule has 1 aliphatic rings. The Balaban J connectivity index is 1.65. The van der Waals surface area contributed by atoms with E-state index in [9.17, 15) is 18.0 Å². The molecule has 1 heterocycles. The number of fused-ring (bicyclic) bond motifs is 1. The number of amides is 2. The summed E-state index contributed by atoms with van der Waals surface area (Å²) in [5.74, 6) is -0.220. The number of hydrogen-bond donors (Lipinski definition) is 1. The van der Waals surface area contributed by atoms with Crippen molar-refractivity contribution in [1.82, 2.24) is 0 Å². The lowest BCUT2D eigenvalue weighted by Gasteiger charge is -2.21. The maximum Gasteiger partial charge on any atom is 0.244 e. The molecule has 2 amide bonds. The molecule has 0 saturated heterocycles. The first-order valence-electron chi connectivity index (χ1n) is 10.0. The van der Waals surface area contributed by atoms with Gasteiger partial charge < -0.3 is 15.0 Å². The van der Waals surface area contributed by atoms with Crippen molar-refractivity contribution in [3.8, 4) is 5.75 Å². The van der Waals surface area contributed by atoms with Crippen LogP contribution in [0.3, 0.4) is 0 Å². The Kier molecular flexibility index (Phi) is 5.96. The van der Waals surface area contributed by atoms with Crippen molar-refractivity contribution >= 4 is 33.0 Å². The van der Waals surface area contributed by atoms with Gasteiger partial charge in [0.25, 0.3) is 0 Å². The van der Waals surface area contributed by atoms with Crippen molar-refractivity contribution in [1.29, 1.82) is 0 Å². The van der Waals surface area contributed by atoms with E-state index in [0.717, 1.165) is 0 Å². The second kappa shape index (κ2) is 8.84. The molecule has 0 aromatic heterocycles. The Morgan fingerprint density at radius 3 is 2.34 bits per heavy atom. The summed E-state index contributed by atoms with van der Waals surface area (Å²) in [5.41, 5.74) is 1.29. The van der Waals surface area contributed by atoms with Crippen molar-refractivity contribution in [3.05, 3.63) is 84.4 Å². The van der Waals surface area contributed by atoms with Crippen LogP contribution in [0.4, 0.5) is 11.4 Å². The third-order valence-corrected chi connectivity index (χ3v) is 7.49. The van der Waals surface area contributed by atoms with Crippen LogP contribution in [0.1, 0.15) is 17.2 Å². The number of ether oxygens (including phenoxy) is 1. The Hall–Kier alpha value is -3.65. The molecule has 8 heteroatoms. The molecule has 0 saturated carbocycles. The average molecular weight is 451 g/mol. The number of methoxy groups -OCH3 is 1. The van der Waals surface area contributed by atoms with Gasteiger partial charge in [0, 0.05) is 12.1 Å². The van der Waals surface area contributed by atoms with Crippen molar-refractivity contribution in [3.63, 3.8) is 0 Å². The molecule has 1 atom stereocenters. The van der Waals surface area contributed by atoms with Crippen LogP contribution >= 0.6 is 0 Å². The van der Waals surface area contributed by atoms with Crippen molar-refractivity contribution < 1.29 is 22.7 Å². The third-order valence-electron chi connectivity index (χ3n) is 5.35. The lowest BCUT2D eigenvalue weighted by molar-refractivity contribution is -0.121. The van der Waals surface area contributed by atoms with Crippen LogP contribution in [-0.4, -0.2) is 33.9 Å². The van der Waals surface area contributed by atoms with Crippen LogP contribution < -0.4 is 15.0 Å². The molecule has 32 heavy (non-hydrogen) atoms. The maximum atomic E-state index is 13.5. The fourth-order valence-electron chi connectivity index (χ4n) is 3.74. The van der Waals surface area contributed by atoms with Gasteiger partial charge in [0.2, 0.25) is 11.8 Å². The Labute approximate surface area is 186 Å². The van der Waals surface area contributed by atoms with Gasteiger partial charge in [-0.25, -0.2) is 8.42 Å². The minimum absolute atomic E-state index is 0.0388. The zero-order valence-corrected chi connectivity index (χ0v) is 18.2. The van der Waals surface area contributed by atoms with Crippen LogP contribution in [0, 0.1) is 0 Å². The molecule has 1 aliphatic heterocycles. The van der Waals surface area contributed by atoms with Crippen LogP contribution in [-0.2, 0) is 19.4 Å². The molecule has 1 N–H and O–H groups in total. The van der Waals surface area contributed by atoms with E-state index in [2.05, 4.69) is 5.32 Å². The second-order valence-corrected chi connectivity index (χ2v) is 9.47. The summed E-state index contributed by atoms with van der Waals surface area (Å²) in [7, 11) is -2.30. The summed E-state index contributed by atoms with van der Waals surface area (Å²) in [5, 5.41) is 1.72. The number of rotatable bonds is 5. The fraction of sp³-hybridized carbons (Fsp3) is 0.167. The average Bonchev–Trinajstić information content (AvgIpc) is 2.89. The van der Waals surface area contributed by atoms with E-state index in [1.54, 1.807) is 79.9 Å². The second-order valence-electron chi connectivity index (χ2n) is 7.37. The summed E-state index contributed by atoms with van der Waals surface area (Å²) in [4.78, 5) is 27.2. The van der Waals surface area contributed by atoms with Crippen molar-refractivity contribution in [2.75, 3.05) is 23.9 Å². The molecule has 0 radical (unpaired) electrons. The quantitative estimate of drug-likeness (QED) is 0.641. The van der Waals surface area contributed by atoms with Gasteiger partial charge in [-0.15, -0.1) is 0 Å². The number of anilines is 2. The highest BCUT2D eigenvalue weighted by molar-refractivity contribution is 7.92. The minimum Gasteiger partial charge on any atom is -0.497 e. The Morgan fingerprint density at radius 1 is 1.00 bits per heavy atom. The van der Waals surface area contributed by atoms with Gasteiger partial charge >= 0.3 is 0 Å². The number of benzene rings is 3. The molecule has 0 unspecified atom stereocenters. The van der Waals surface area contributed by atoms with Crippen LogP contribution in [0.5, 0.6) is 5.75 Å². The topological polar surface area (TPSA) is 92.8 Å². The largest absolute Gasteiger partial charge is 0.497 e. The highest BCUT2D eigenvalue weighted by atomic mass is 32.2. The smallest absolute Gasteiger partial charge is 0.244 e. The molecule has 164 valence electrons. The number of para-hydroxylation sites is 1. The maximum absolute atomic E-state index is 13.5.